The molecule has 3 saturated heterocycles. The molecule has 3 fully saturated rings. The Labute approximate surface area is 390 Å². The quantitative estimate of drug-likeness (QED) is 0.0442. The predicted octanol–water partition coefficient (Wildman–Crippen LogP) is 3.85. The molecule has 2 unspecified atom stereocenters. The van der Waals surface area contributed by atoms with Crippen LogP contribution in [0.2, 0.25) is 0 Å². The van der Waals surface area contributed by atoms with Crippen molar-refractivity contribution in [3.05, 3.63) is 144 Å². The highest BCUT2D eigenvalue weighted by atomic mass is 32.2. The zero-order valence-electron chi connectivity index (χ0n) is 36.7. The Morgan fingerprint density at radius 1 is 0.750 bits per heavy atom. The molecule has 3 aromatic carbocycles. The van der Waals surface area contributed by atoms with Gasteiger partial charge in [0.2, 0.25) is 0 Å². The van der Waals surface area contributed by atoms with Gasteiger partial charge < -0.3 is 34.1 Å². The summed E-state index contributed by atoms with van der Waals surface area (Å²) in [6, 6.07) is 29.0. The zero-order valence-corrected chi connectivity index (χ0v) is 37.5. The number of aliphatic imine (C=N–C) groups is 1. The van der Waals surface area contributed by atoms with Crippen LogP contribution in [-0.2, 0) is 39.9 Å². The van der Waals surface area contributed by atoms with E-state index in [-0.39, 0.29) is 61.6 Å². The third kappa shape index (κ3) is 13.5. The van der Waals surface area contributed by atoms with E-state index >= 15 is 0 Å². The number of hydrogen-bond acceptors (Lipinski definition) is 16. The first-order valence-electron chi connectivity index (χ1n) is 21.2. The first-order valence-corrected chi connectivity index (χ1v) is 23.0. The number of ether oxygens (including phenoxy) is 3. The predicted molar refractivity (Wildman–Crippen MR) is 245 cm³/mol. The highest BCUT2D eigenvalue weighted by Gasteiger charge is 2.35. The number of carbonyl (C=O) groups excluding carboxylic acids is 5. The largest absolute Gasteiger partial charge is 0.460 e. The highest BCUT2D eigenvalue weighted by molar-refractivity contribution is 7.86. The Morgan fingerprint density at radius 2 is 1.31 bits per heavy atom. The van der Waals surface area contributed by atoms with Crippen molar-refractivity contribution in [3.8, 4) is 0 Å². The molecule has 2 aromatic heterocycles. The summed E-state index contributed by atoms with van der Waals surface area (Å²) >= 11 is 0. The van der Waals surface area contributed by atoms with Gasteiger partial charge in [-0.15, -0.1) is 0 Å². The summed E-state index contributed by atoms with van der Waals surface area (Å²) in [6.45, 7) is 4.44. The summed E-state index contributed by atoms with van der Waals surface area (Å²) in [6.07, 6.45) is 1.64. The van der Waals surface area contributed by atoms with Crippen LogP contribution < -0.4 is 20.9 Å². The molecular weight excluding hydrogens is 905 g/mol. The smallest absolute Gasteiger partial charge is 0.414 e. The lowest BCUT2D eigenvalue weighted by Crippen LogP contribution is -2.50. The first-order chi connectivity index (χ1) is 32.7. The number of amidine groups is 2. The minimum absolute atomic E-state index is 0.0541. The van der Waals surface area contributed by atoms with E-state index in [0.717, 1.165) is 38.0 Å². The molecule has 5 heterocycles. The zero-order chi connectivity index (χ0) is 48.2. The molecular formula is C46H48N8O13S. The highest BCUT2D eigenvalue weighted by Crippen LogP contribution is 2.25. The number of benzene rings is 3. The topological polar surface area (TPSA) is 270 Å². The molecule has 0 radical (unpaired) electrons. The maximum absolute atomic E-state index is 12.6. The van der Waals surface area contributed by atoms with E-state index in [9.17, 15) is 32.4 Å². The maximum atomic E-state index is 12.6. The lowest BCUT2D eigenvalue weighted by atomic mass is 10.1. The molecule has 4 N–H and O–H groups in total. The summed E-state index contributed by atoms with van der Waals surface area (Å²) in [7, 11) is -3.63. The number of nitrogens with one attached hydrogen (secondary N) is 2. The van der Waals surface area contributed by atoms with Gasteiger partial charge in [-0.05, 0) is 78.4 Å². The van der Waals surface area contributed by atoms with Gasteiger partial charge in [0.25, 0.3) is 16.0 Å². The standard InChI is InChI=1S/C29H31N5O6.C17H17N3O7S/c30-27(31-28(36)25-7-4-16-38-25)22-8-10-23(11-9-22)34-18-24(40-29(34)37)17-32-12-14-33(15-13-32)19-26(35)39-20-21-5-2-1-3-6-21;1-28(23,24)26-10-13-9-20(17(22)27-13)12-6-4-11(5-7-12)15(18)19-16(21)14-3-2-8-25-14/h1-11,16,24H,12-15,17-20H2,(H2,30,31,36);2-8,13H,9-10H2,1H3,(H2,18,19,21). The molecule has 3 aliphatic rings. The van der Waals surface area contributed by atoms with E-state index in [1.54, 1.807) is 65.6 Å². The minimum Gasteiger partial charge on any atom is -0.460 e. The molecule has 0 aliphatic carbocycles. The summed E-state index contributed by atoms with van der Waals surface area (Å²) in [5.74, 6) is -1.23. The molecule has 0 saturated carbocycles. The monoisotopic (exact) mass is 952 g/mol. The second kappa shape index (κ2) is 22.2. The average molecular weight is 953 g/mol. The summed E-state index contributed by atoms with van der Waals surface area (Å²) in [5, 5.41) is 10.4. The van der Waals surface area contributed by atoms with E-state index in [4.69, 9.17) is 34.2 Å². The van der Waals surface area contributed by atoms with Crippen LogP contribution in [-0.4, -0.2) is 137 Å². The fourth-order valence-electron chi connectivity index (χ4n) is 7.13. The van der Waals surface area contributed by atoms with Crippen LogP contribution in [0.5, 0.6) is 0 Å². The average Bonchev–Trinajstić information content (AvgIpc) is 4.18. The number of anilines is 2. The van der Waals surface area contributed by atoms with E-state index in [1.807, 2.05) is 30.3 Å². The van der Waals surface area contributed by atoms with E-state index in [1.165, 1.54) is 29.6 Å². The van der Waals surface area contributed by atoms with Crippen LogP contribution >= 0.6 is 0 Å². The molecule has 22 heteroatoms. The number of rotatable bonds is 15. The fourth-order valence-corrected chi connectivity index (χ4v) is 7.53. The number of furan rings is 2. The number of piperazine rings is 1. The molecule has 5 aromatic rings. The van der Waals surface area contributed by atoms with Crippen molar-refractivity contribution in [1.29, 1.82) is 5.41 Å². The Bertz CT molecular complexity index is 2690. The Hall–Kier alpha value is -7.66. The number of nitrogens with zero attached hydrogens (tertiary/aromatic N) is 5. The second-order valence-corrected chi connectivity index (χ2v) is 17.3. The second-order valence-electron chi connectivity index (χ2n) is 15.6. The van der Waals surface area contributed by atoms with Gasteiger partial charge in [0.15, 0.2) is 11.5 Å². The molecule has 4 amide bonds. The third-order valence-electron chi connectivity index (χ3n) is 10.6. The Kier molecular flexibility index (Phi) is 15.8. The number of esters is 1. The van der Waals surface area contributed by atoms with Crippen molar-refractivity contribution in [3.63, 3.8) is 0 Å². The van der Waals surface area contributed by atoms with Crippen LogP contribution in [0, 0.1) is 5.41 Å². The lowest BCUT2D eigenvalue weighted by Gasteiger charge is -2.34. The third-order valence-corrected chi connectivity index (χ3v) is 11.2. The SMILES string of the molecule is CS(=O)(=O)OCC1CN(c2ccc(C(=N)NC(=O)c3ccco3)cc2)C(=O)O1.NC(=NC(=O)c1ccco1)c1ccc(N2CC(CN3CCN(CC(=O)OCc4ccccc4)CC3)OC2=O)cc1. The van der Waals surface area contributed by atoms with Gasteiger partial charge in [-0.25, -0.2) is 9.59 Å². The van der Waals surface area contributed by atoms with Gasteiger partial charge in [-0.3, -0.25) is 43.6 Å². The van der Waals surface area contributed by atoms with Crippen LogP contribution in [0.1, 0.15) is 37.8 Å². The van der Waals surface area contributed by atoms with Crippen molar-refractivity contribution in [2.24, 2.45) is 10.7 Å². The van der Waals surface area contributed by atoms with Gasteiger partial charge in [0.1, 0.15) is 37.1 Å². The van der Waals surface area contributed by atoms with Crippen molar-refractivity contribution < 1.29 is 59.6 Å². The van der Waals surface area contributed by atoms with E-state index < -0.39 is 40.2 Å². The van der Waals surface area contributed by atoms with Crippen LogP contribution in [0.4, 0.5) is 21.0 Å². The number of nitrogens with two attached hydrogens (primary N) is 1. The number of amides is 4. The molecule has 3 aliphatic heterocycles. The van der Waals surface area contributed by atoms with Crippen LogP contribution in [0.25, 0.3) is 0 Å². The fraction of sp³-hybridized carbons (Fsp3) is 0.283. The lowest BCUT2D eigenvalue weighted by molar-refractivity contribution is -0.146. The number of cyclic esters (lactones) is 2. The Balaban J connectivity index is 0.000000215. The van der Waals surface area contributed by atoms with Crippen molar-refractivity contribution in [2.75, 3.05) is 75.0 Å². The molecule has 0 bridgehead atoms. The molecule has 0 spiro atoms. The van der Waals surface area contributed by atoms with Crippen molar-refractivity contribution in [1.82, 2.24) is 15.1 Å². The molecule has 8 rings (SSSR count). The minimum atomic E-state index is -3.63. The van der Waals surface area contributed by atoms with Crippen LogP contribution in [0.15, 0.2) is 129 Å². The van der Waals surface area contributed by atoms with E-state index in [0.29, 0.717) is 35.6 Å². The first kappa shape index (κ1) is 48.3. The summed E-state index contributed by atoms with van der Waals surface area (Å²) in [5.41, 5.74) is 9.09. The summed E-state index contributed by atoms with van der Waals surface area (Å²) in [4.78, 5) is 71.9. The van der Waals surface area contributed by atoms with Gasteiger partial charge in [-0.1, -0.05) is 30.3 Å². The van der Waals surface area contributed by atoms with E-state index in [2.05, 4.69) is 24.3 Å². The normalized spacial score (nSPS) is 17.8. The number of hydrogen-bond donors (Lipinski definition) is 3. The number of carbonyl (C=O) groups is 5. The van der Waals surface area contributed by atoms with Gasteiger partial charge in [-0.2, -0.15) is 13.4 Å². The summed E-state index contributed by atoms with van der Waals surface area (Å²) < 4.78 is 52.8. The molecule has 68 heavy (non-hydrogen) atoms. The molecule has 2 atom stereocenters. The van der Waals surface area contributed by atoms with Crippen molar-refractivity contribution in [2.45, 2.75) is 18.8 Å². The van der Waals surface area contributed by atoms with Gasteiger partial charge in [0, 0.05) is 55.2 Å². The molecule has 21 nitrogen and oxygen atoms in total. The van der Waals surface area contributed by atoms with Gasteiger partial charge >= 0.3 is 24.1 Å². The van der Waals surface area contributed by atoms with Crippen molar-refractivity contribution >= 4 is 63.1 Å². The Morgan fingerprint density at radius 3 is 1.90 bits per heavy atom. The maximum Gasteiger partial charge on any atom is 0.414 e. The van der Waals surface area contributed by atoms with Crippen LogP contribution in [0.3, 0.4) is 0 Å². The molecule has 356 valence electrons. The van der Waals surface area contributed by atoms with Gasteiger partial charge in [0.05, 0.1) is 38.4 Å².